The molecule has 0 saturated heterocycles. The number of nitrogens with one attached hydrogen (secondary N) is 3. The van der Waals surface area contributed by atoms with Gasteiger partial charge in [0.25, 0.3) is 0 Å². The van der Waals surface area contributed by atoms with E-state index in [4.69, 9.17) is 12.2 Å². The zero-order valence-corrected chi connectivity index (χ0v) is 20.1. The Morgan fingerprint density at radius 2 is 1.75 bits per heavy atom. The molecule has 1 unspecified atom stereocenters. The normalized spacial score (nSPS) is 15.6. The van der Waals surface area contributed by atoms with Crippen molar-refractivity contribution in [1.29, 1.82) is 0 Å². The molecular formula is C26H24F3N5OS. The number of hydrogen-bond donors (Lipinski definition) is 3. The summed E-state index contributed by atoms with van der Waals surface area (Å²) in [6.45, 7) is 2.60. The topological polar surface area (TPSA) is 60.9 Å². The average Bonchev–Trinajstić information content (AvgIpc) is 3.25. The number of thiocarbonyl (C=S) groups is 1. The third kappa shape index (κ3) is 7.06. The SMILES string of the molecule is CC1=CN(c2ccc(OC(F)(F)F)cc2)NC1c1ccc(/C=N/NC(=S)NCc2ccccc2)cc1. The standard InChI is InChI=1S/C26H24F3N5OS/c1-18-17-34(22-11-13-23(14-12-22)35-26(27,28)29)33-24(18)21-9-7-20(8-10-21)16-31-32-25(36)30-15-19-5-3-2-4-6-19/h2-14,16-17,24,33H,15H2,1H3,(H2,30,32,36)/b31-16+. The monoisotopic (exact) mass is 511 g/mol. The molecule has 0 aliphatic carbocycles. The van der Waals surface area contributed by atoms with E-state index in [1.165, 1.54) is 12.1 Å². The van der Waals surface area contributed by atoms with Crippen LogP contribution < -0.4 is 25.9 Å². The van der Waals surface area contributed by atoms with Crippen LogP contribution in [0.5, 0.6) is 5.75 Å². The van der Waals surface area contributed by atoms with Crippen molar-refractivity contribution in [2.24, 2.45) is 5.10 Å². The minimum absolute atomic E-state index is 0.0741. The number of benzene rings is 3. The second-order valence-corrected chi connectivity index (χ2v) is 8.46. The number of alkyl halides is 3. The maximum Gasteiger partial charge on any atom is 0.573 e. The van der Waals surface area contributed by atoms with Crippen molar-refractivity contribution in [3.05, 3.63) is 107 Å². The van der Waals surface area contributed by atoms with E-state index < -0.39 is 6.36 Å². The Bertz CT molecular complexity index is 1230. The van der Waals surface area contributed by atoms with Crippen molar-refractivity contribution >= 4 is 29.2 Å². The predicted molar refractivity (Wildman–Crippen MR) is 138 cm³/mol. The summed E-state index contributed by atoms with van der Waals surface area (Å²) in [5, 5.41) is 9.49. The fraction of sp³-hybridized carbons (Fsp3) is 0.154. The lowest BCUT2D eigenvalue weighted by Gasteiger charge is -2.21. The predicted octanol–water partition coefficient (Wildman–Crippen LogP) is 5.55. The highest BCUT2D eigenvalue weighted by atomic mass is 32.1. The number of halogens is 3. The molecule has 6 nitrogen and oxygen atoms in total. The van der Waals surface area contributed by atoms with E-state index in [9.17, 15) is 13.2 Å². The van der Waals surface area contributed by atoms with Crippen LogP contribution in [0.4, 0.5) is 18.9 Å². The Morgan fingerprint density at radius 3 is 2.42 bits per heavy atom. The summed E-state index contributed by atoms with van der Waals surface area (Å²) in [5.41, 5.74) is 11.0. The third-order valence-electron chi connectivity index (χ3n) is 5.35. The largest absolute Gasteiger partial charge is 0.573 e. The van der Waals surface area contributed by atoms with E-state index in [1.54, 1.807) is 23.4 Å². The van der Waals surface area contributed by atoms with E-state index in [1.807, 2.05) is 67.7 Å². The summed E-state index contributed by atoms with van der Waals surface area (Å²) in [5.74, 6) is -0.262. The highest BCUT2D eigenvalue weighted by Gasteiger charge is 2.31. The molecule has 1 atom stereocenters. The Morgan fingerprint density at radius 1 is 1.06 bits per heavy atom. The van der Waals surface area contributed by atoms with Gasteiger partial charge in [0.05, 0.1) is 17.9 Å². The van der Waals surface area contributed by atoms with Crippen molar-refractivity contribution in [3.8, 4) is 5.75 Å². The molecule has 1 heterocycles. The van der Waals surface area contributed by atoms with Crippen molar-refractivity contribution in [2.45, 2.75) is 25.9 Å². The lowest BCUT2D eigenvalue weighted by Crippen LogP contribution is -2.31. The smallest absolute Gasteiger partial charge is 0.406 e. The minimum Gasteiger partial charge on any atom is -0.406 e. The molecule has 0 saturated carbocycles. The van der Waals surface area contributed by atoms with Gasteiger partial charge in [0.15, 0.2) is 5.11 Å². The molecule has 1 aliphatic rings. The molecule has 4 rings (SSSR count). The van der Waals surface area contributed by atoms with E-state index in [0.717, 1.165) is 22.3 Å². The van der Waals surface area contributed by atoms with Crippen LogP contribution in [0, 0.1) is 0 Å². The summed E-state index contributed by atoms with van der Waals surface area (Å²) in [6, 6.07) is 23.4. The fourth-order valence-electron chi connectivity index (χ4n) is 3.61. The Hall–Kier alpha value is -3.89. The number of hydrogen-bond acceptors (Lipinski definition) is 5. The van der Waals surface area contributed by atoms with Gasteiger partial charge < -0.3 is 10.1 Å². The molecule has 3 aromatic carbocycles. The zero-order valence-electron chi connectivity index (χ0n) is 19.3. The van der Waals surface area contributed by atoms with E-state index in [2.05, 4.69) is 26.0 Å². The summed E-state index contributed by atoms with van der Waals surface area (Å²) >= 11 is 5.24. The van der Waals surface area contributed by atoms with Crippen molar-refractivity contribution in [2.75, 3.05) is 5.01 Å². The molecule has 0 aromatic heterocycles. The lowest BCUT2D eigenvalue weighted by molar-refractivity contribution is -0.274. The maximum atomic E-state index is 12.4. The molecule has 36 heavy (non-hydrogen) atoms. The van der Waals surface area contributed by atoms with Crippen LogP contribution in [0.15, 0.2) is 95.7 Å². The van der Waals surface area contributed by atoms with Gasteiger partial charge in [-0.25, -0.2) is 5.43 Å². The van der Waals surface area contributed by atoms with Crippen LogP contribution in [-0.2, 0) is 6.54 Å². The molecule has 3 N–H and O–H groups in total. The number of nitrogens with zero attached hydrogens (tertiary/aromatic N) is 2. The van der Waals surface area contributed by atoms with E-state index >= 15 is 0 Å². The van der Waals surface area contributed by atoms with Crippen LogP contribution >= 0.6 is 12.2 Å². The second kappa shape index (κ2) is 11.2. The van der Waals surface area contributed by atoms with Crippen molar-refractivity contribution in [1.82, 2.24) is 16.2 Å². The van der Waals surface area contributed by atoms with Gasteiger partial charge in [-0.1, -0.05) is 54.6 Å². The number of rotatable bonds is 7. The molecule has 186 valence electrons. The molecule has 0 amide bonds. The first-order valence-electron chi connectivity index (χ1n) is 11.1. The molecule has 1 aliphatic heterocycles. The van der Waals surface area contributed by atoms with Crippen LogP contribution in [0.3, 0.4) is 0 Å². The number of hydrazone groups is 1. The first-order valence-corrected chi connectivity index (χ1v) is 11.5. The number of hydrazine groups is 1. The summed E-state index contributed by atoms with van der Waals surface area (Å²) < 4.78 is 41.1. The molecule has 0 fully saturated rings. The quantitative estimate of drug-likeness (QED) is 0.220. The van der Waals surface area contributed by atoms with E-state index in [0.29, 0.717) is 17.3 Å². The molecule has 3 aromatic rings. The van der Waals surface area contributed by atoms with Gasteiger partial charge >= 0.3 is 6.36 Å². The summed E-state index contributed by atoms with van der Waals surface area (Å²) in [7, 11) is 0. The Balaban J connectivity index is 1.29. The number of anilines is 1. The molecule has 0 radical (unpaired) electrons. The van der Waals surface area contributed by atoms with Gasteiger partial charge in [0.2, 0.25) is 0 Å². The zero-order chi connectivity index (χ0) is 25.5. The van der Waals surface area contributed by atoms with Gasteiger partial charge in [-0.15, -0.1) is 13.2 Å². The van der Waals surface area contributed by atoms with Crippen LogP contribution in [0.1, 0.15) is 29.7 Å². The van der Waals surface area contributed by atoms with Crippen LogP contribution in [-0.4, -0.2) is 17.7 Å². The molecule has 0 spiro atoms. The van der Waals surface area contributed by atoms with Crippen LogP contribution in [0.2, 0.25) is 0 Å². The van der Waals surface area contributed by atoms with Gasteiger partial charge in [0.1, 0.15) is 5.75 Å². The summed E-state index contributed by atoms with van der Waals surface area (Å²) in [4.78, 5) is 0. The van der Waals surface area contributed by atoms with Crippen LogP contribution in [0.25, 0.3) is 0 Å². The Labute approximate surface area is 212 Å². The van der Waals surface area contributed by atoms with Gasteiger partial charge in [-0.05, 0) is 65.7 Å². The van der Waals surface area contributed by atoms with Gasteiger partial charge in [-0.2, -0.15) is 5.10 Å². The van der Waals surface area contributed by atoms with Gasteiger partial charge in [0, 0.05) is 12.7 Å². The fourth-order valence-corrected chi connectivity index (χ4v) is 3.73. The number of ether oxygens (including phenoxy) is 1. The van der Waals surface area contributed by atoms with E-state index in [-0.39, 0.29) is 11.8 Å². The Kier molecular flexibility index (Phi) is 7.87. The molecular weight excluding hydrogens is 487 g/mol. The third-order valence-corrected chi connectivity index (χ3v) is 5.59. The van der Waals surface area contributed by atoms with Crippen molar-refractivity contribution < 1.29 is 17.9 Å². The average molecular weight is 512 g/mol. The molecule has 0 bridgehead atoms. The first kappa shape index (κ1) is 25.2. The highest BCUT2D eigenvalue weighted by Crippen LogP contribution is 2.31. The molecule has 10 heteroatoms. The summed E-state index contributed by atoms with van der Waals surface area (Å²) in [6.07, 6.45) is -1.12. The second-order valence-electron chi connectivity index (χ2n) is 8.05. The highest BCUT2D eigenvalue weighted by molar-refractivity contribution is 7.80. The minimum atomic E-state index is -4.72. The maximum absolute atomic E-state index is 12.4. The van der Waals surface area contributed by atoms with Gasteiger partial charge in [-0.3, -0.25) is 10.4 Å². The van der Waals surface area contributed by atoms with Crippen molar-refractivity contribution in [3.63, 3.8) is 0 Å². The lowest BCUT2D eigenvalue weighted by atomic mass is 10.0. The first-order chi connectivity index (χ1) is 17.3.